The quantitative estimate of drug-likeness (QED) is 0.424. The summed E-state index contributed by atoms with van der Waals surface area (Å²) in [5.41, 5.74) is 0. The van der Waals surface area contributed by atoms with E-state index in [0.717, 1.165) is 0 Å². The minimum absolute atomic E-state index is 0.262. The van der Waals surface area contributed by atoms with E-state index < -0.39 is 4.87 Å². The number of hydrogen-bond acceptors (Lipinski definition) is 2. The zero-order valence-corrected chi connectivity index (χ0v) is 5.73. The summed E-state index contributed by atoms with van der Waals surface area (Å²) in [6, 6.07) is 0. The van der Waals surface area contributed by atoms with Crippen molar-refractivity contribution in [1.29, 1.82) is 0 Å². The summed E-state index contributed by atoms with van der Waals surface area (Å²) in [5.74, 6) is 0. The van der Waals surface area contributed by atoms with Crippen LogP contribution < -0.4 is 0 Å². The van der Waals surface area contributed by atoms with Crippen molar-refractivity contribution < 1.29 is 9.53 Å². The second-order valence-electron chi connectivity index (χ2n) is 1.83. The Kier molecular flexibility index (Phi) is 3.02. The number of hydrogen-bond donors (Lipinski definition) is 0. The van der Waals surface area contributed by atoms with Crippen molar-refractivity contribution in [1.82, 2.24) is 0 Å². The van der Waals surface area contributed by atoms with Crippen LogP contribution in [0.4, 0.5) is 0 Å². The Morgan fingerprint density at radius 3 is 2.50 bits per heavy atom. The minimum Gasteiger partial charge on any atom is -0.382 e. The molecule has 0 saturated heterocycles. The third-order valence-corrected chi connectivity index (χ3v) is 0.870. The summed E-state index contributed by atoms with van der Waals surface area (Å²) in [6.07, 6.45) is 0.665. The van der Waals surface area contributed by atoms with Gasteiger partial charge in [0.1, 0.15) is 11.2 Å². The Morgan fingerprint density at radius 1 is 1.88 bits per heavy atom. The SMILES string of the molecule is COCC(C)(Cl)C=O. The van der Waals surface area contributed by atoms with Crippen molar-refractivity contribution in [2.75, 3.05) is 13.7 Å². The fourth-order valence-electron chi connectivity index (χ4n) is 0.316. The summed E-state index contributed by atoms with van der Waals surface area (Å²) in [6.45, 7) is 1.86. The third kappa shape index (κ3) is 2.99. The summed E-state index contributed by atoms with van der Waals surface area (Å²) >= 11 is 5.53. The Labute approximate surface area is 53.8 Å². The molecule has 3 heteroatoms. The predicted octanol–water partition coefficient (Wildman–Crippen LogP) is 0.829. The highest BCUT2D eigenvalue weighted by atomic mass is 35.5. The van der Waals surface area contributed by atoms with E-state index in [4.69, 9.17) is 11.6 Å². The van der Waals surface area contributed by atoms with Crippen molar-refractivity contribution in [2.24, 2.45) is 0 Å². The van der Waals surface area contributed by atoms with Gasteiger partial charge in [0.2, 0.25) is 0 Å². The molecule has 0 radical (unpaired) electrons. The second kappa shape index (κ2) is 3.05. The molecule has 0 aliphatic rings. The Bertz CT molecular complexity index is 80.5. The molecule has 8 heavy (non-hydrogen) atoms. The number of aldehydes is 1. The van der Waals surface area contributed by atoms with E-state index in [0.29, 0.717) is 6.29 Å². The van der Waals surface area contributed by atoms with Gasteiger partial charge in [-0.25, -0.2) is 0 Å². The molecule has 1 unspecified atom stereocenters. The maximum Gasteiger partial charge on any atom is 0.142 e. The van der Waals surface area contributed by atoms with Crippen LogP contribution in [0, 0.1) is 0 Å². The van der Waals surface area contributed by atoms with Crippen LogP contribution in [0.25, 0.3) is 0 Å². The van der Waals surface area contributed by atoms with Gasteiger partial charge < -0.3 is 9.53 Å². The first-order valence-corrected chi connectivity index (χ1v) is 2.64. The second-order valence-corrected chi connectivity index (χ2v) is 2.69. The molecule has 0 heterocycles. The lowest BCUT2D eigenvalue weighted by molar-refractivity contribution is -0.110. The average molecular weight is 137 g/mol. The Balaban J connectivity index is 3.53. The number of methoxy groups -OCH3 is 1. The zero-order chi connectivity index (χ0) is 6.62. The van der Waals surface area contributed by atoms with E-state index in [1.54, 1.807) is 6.92 Å². The number of alkyl halides is 1. The monoisotopic (exact) mass is 136 g/mol. The third-order valence-electron chi connectivity index (χ3n) is 0.672. The molecule has 0 aliphatic heterocycles. The smallest absolute Gasteiger partial charge is 0.142 e. The number of halogens is 1. The van der Waals surface area contributed by atoms with Crippen LogP contribution in [0.15, 0.2) is 0 Å². The van der Waals surface area contributed by atoms with Gasteiger partial charge in [-0.15, -0.1) is 11.6 Å². The van der Waals surface area contributed by atoms with E-state index in [1.807, 2.05) is 0 Å². The molecule has 0 aliphatic carbocycles. The largest absolute Gasteiger partial charge is 0.382 e. The predicted molar refractivity (Wildman–Crippen MR) is 32.2 cm³/mol. The van der Waals surface area contributed by atoms with Crippen LogP contribution in [-0.4, -0.2) is 24.9 Å². The van der Waals surface area contributed by atoms with Crippen molar-refractivity contribution in [3.05, 3.63) is 0 Å². The van der Waals surface area contributed by atoms with Gasteiger partial charge in [0, 0.05) is 7.11 Å². The molecule has 0 aromatic carbocycles. The van der Waals surface area contributed by atoms with Crippen LogP contribution in [0.2, 0.25) is 0 Å². The number of carbonyl (C=O) groups excluding carboxylic acids is 1. The molecule has 0 aromatic rings. The van der Waals surface area contributed by atoms with Crippen molar-refractivity contribution >= 4 is 17.9 Å². The minimum atomic E-state index is -0.839. The molecule has 0 amide bonds. The fourth-order valence-corrected chi connectivity index (χ4v) is 0.425. The maximum atomic E-state index is 10.0. The maximum absolute atomic E-state index is 10.0. The van der Waals surface area contributed by atoms with Gasteiger partial charge in [-0.05, 0) is 6.92 Å². The highest BCUT2D eigenvalue weighted by Gasteiger charge is 2.18. The normalized spacial score (nSPS) is 17.4. The van der Waals surface area contributed by atoms with Gasteiger partial charge in [-0.2, -0.15) is 0 Å². The van der Waals surface area contributed by atoms with E-state index in [1.165, 1.54) is 7.11 Å². The summed E-state index contributed by atoms with van der Waals surface area (Å²) in [7, 11) is 1.50. The van der Waals surface area contributed by atoms with E-state index in [2.05, 4.69) is 4.74 Å². The average Bonchev–Trinajstić information content (AvgIpc) is 1.67. The summed E-state index contributed by atoms with van der Waals surface area (Å²) in [4.78, 5) is 9.17. The molecule has 0 rings (SSSR count). The first kappa shape index (κ1) is 7.92. The van der Waals surface area contributed by atoms with Crippen molar-refractivity contribution in [2.45, 2.75) is 11.8 Å². The Hall–Kier alpha value is -0.0800. The lowest BCUT2D eigenvalue weighted by Gasteiger charge is -2.10. The van der Waals surface area contributed by atoms with Crippen LogP contribution in [0.1, 0.15) is 6.92 Å². The molecule has 48 valence electrons. The highest BCUT2D eigenvalue weighted by Crippen LogP contribution is 2.09. The fraction of sp³-hybridized carbons (Fsp3) is 0.800. The molecule has 0 N–H and O–H groups in total. The molecule has 0 fully saturated rings. The van der Waals surface area contributed by atoms with Crippen molar-refractivity contribution in [3.63, 3.8) is 0 Å². The van der Waals surface area contributed by atoms with Crippen molar-refractivity contribution in [3.8, 4) is 0 Å². The van der Waals surface area contributed by atoms with Crippen LogP contribution in [0.3, 0.4) is 0 Å². The molecule has 0 spiro atoms. The molecular weight excluding hydrogens is 128 g/mol. The zero-order valence-electron chi connectivity index (χ0n) is 4.98. The first-order valence-electron chi connectivity index (χ1n) is 2.26. The standard InChI is InChI=1S/C5H9ClO2/c1-5(6,3-7)4-8-2/h3H,4H2,1-2H3. The van der Waals surface area contributed by atoms with Gasteiger partial charge in [0.25, 0.3) is 0 Å². The van der Waals surface area contributed by atoms with Gasteiger partial charge in [0.05, 0.1) is 6.61 Å². The van der Waals surface area contributed by atoms with Gasteiger partial charge in [-0.1, -0.05) is 0 Å². The van der Waals surface area contributed by atoms with Gasteiger partial charge in [0.15, 0.2) is 0 Å². The highest BCUT2D eigenvalue weighted by molar-refractivity contribution is 6.31. The number of carbonyl (C=O) groups is 1. The molecule has 0 saturated carbocycles. The number of rotatable bonds is 3. The summed E-state index contributed by atoms with van der Waals surface area (Å²) in [5, 5.41) is 0. The molecule has 0 bridgehead atoms. The molecule has 2 nitrogen and oxygen atoms in total. The molecule has 1 atom stereocenters. The van der Waals surface area contributed by atoms with E-state index in [9.17, 15) is 4.79 Å². The Morgan fingerprint density at radius 2 is 2.38 bits per heavy atom. The number of ether oxygens (including phenoxy) is 1. The molecule has 0 aromatic heterocycles. The lowest BCUT2D eigenvalue weighted by Crippen LogP contribution is -2.24. The lowest BCUT2D eigenvalue weighted by atomic mass is 10.2. The van der Waals surface area contributed by atoms with Crippen LogP contribution in [-0.2, 0) is 9.53 Å². The van der Waals surface area contributed by atoms with Crippen LogP contribution >= 0.6 is 11.6 Å². The summed E-state index contributed by atoms with van der Waals surface area (Å²) < 4.78 is 4.63. The van der Waals surface area contributed by atoms with Gasteiger partial charge >= 0.3 is 0 Å². The molecular formula is C5H9ClO2. The topological polar surface area (TPSA) is 26.3 Å². The van der Waals surface area contributed by atoms with Crippen LogP contribution in [0.5, 0.6) is 0 Å². The van der Waals surface area contributed by atoms with E-state index >= 15 is 0 Å². The first-order chi connectivity index (χ1) is 3.62. The van der Waals surface area contributed by atoms with E-state index in [-0.39, 0.29) is 6.61 Å². The van der Waals surface area contributed by atoms with Gasteiger partial charge in [-0.3, -0.25) is 0 Å².